The number of hydrogen-bond acceptors (Lipinski definition) is 3. The summed E-state index contributed by atoms with van der Waals surface area (Å²) in [6.07, 6.45) is 0.627. The topological polar surface area (TPSA) is 47.6 Å². The van der Waals surface area contributed by atoms with Gasteiger partial charge in [-0.05, 0) is 42.3 Å². The monoisotopic (exact) mass is 321 g/mol. The van der Waals surface area contributed by atoms with Gasteiger partial charge in [0.25, 0.3) is 5.91 Å². The Hall–Kier alpha value is -2.63. The van der Waals surface area contributed by atoms with Gasteiger partial charge in [-0.25, -0.2) is 0 Å². The normalized spacial score (nSPS) is 10.4. The molecule has 2 aromatic carbocycles. The van der Waals surface area contributed by atoms with Crippen molar-refractivity contribution in [3.05, 3.63) is 59.7 Å². The molecule has 2 aromatic rings. The zero-order valence-electron chi connectivity index (χ0n) is 12.6. The van der Waals surface area contributed by atoms with Crippen LogP contribution < -0.4 is 14.8 Å². The molecule has 0 saturated carbocycles. The van der Waals surface area contributed by atoms with Crippen molar-refractivity contribution in [2.24, 2.45) is 0 Å². The summed E-state index contributed by atoms with van der Waals surface area (Å²) in [6, 6.07) is 13.1. The van der Waals surface area contributed by atoms with E-state index in [1.165, 1.54) is 24.3 Å². The second-order valence-electron chi connectivity index (χ2n) is 4.72. The summed E-state index contributed by atoms with van der Waals surface area (Å²) in [5, 5.41) is 2.78. The lowest BCUT2D eigenvalue weighted by atomic mass is 10.1. The van der Waals surface area contributed by atoms with Crippen molar-refractivity contribution in [2.75, 3.05) is 13.7 Å². The molecule has 4 nitrogen and oxygen atoms in total. The van der Waals surface area contributed by atoms with Gasteiger partial charge in [-0.3, -0.25) is 4.79 Å². The van der Waals surface area contributed by atoms with Gasteiger partial charge in [0.1, 0.15) is 11.5 Å². The SMILES string of the molecule is COc1ccccc1CCNC(=O)c1ccc(OC(F)F)cc1. The van der Waals surface area contributed by atoms with Crippen LogP contribution in [-0.4, -0.2) is 26.2 Å². The number of carbonyl (C=O) groups excluding carboxylic acids is 1. The van der Waals surface area contributed by atoms with Gasteiger partial charge in [-0.2, -0.15) is 8.78 Å². The fourth-order valence-electron chi connectivity index (χ4n) is 2.11. The van der Waals surface area contributed by atoms with E-state index in [4.69, 9.17) is 4.74 Å². The number of ether oxygens (including phenoxy) is 2. The van der Waals surface area contributed by atoms with Gasteiger partial charge in [0.05, 0.1) is 7.11 Å². The number of benzene rings is 2. The molecule has 122 valence electrons. The lowest BCUT2D eigenvalue weighted by Crippen LogP contribution is -2.25. The summed E-state index contributed by atoms with van der Waals surface area (Å²) in [5.41, 5.74) is 1.38. The van der Waals surface area contributed by atoms with Gasteiger partial charge in [-0.15, -0.1) is 0 Å². The molecule has 0 aliphatic rings. The van der Waals surface area contributed by atoms with E-state index in [1.54, 1.807) is 7.11 Å². The first-order valence-electron chi connectivity index (χ1n) is 7.05. The van der Waals surface area contributed by atoms with Crippen LogP contribution in [0.5, 0.6) is 11.5 Å². The number of rotatable bonds is 7. The van der Waals surface area contributed by atoms with Crippen LogP contribution >= 0.6 is 0 Å². The largest absolute Gasteiger partial charge is 0.496 e. The van der Waals surface area contributed by atoms with E-state index in [-0.39, 0.29) is 11.7 Å². The third-order valence-electron chi connectivity index (χ3n) is 3.21. The zero-order valence-corrected chi connectivity index (χ0v) is 12.6. The summed E-state index contributed by atoms with van der Waals surface area (Å²) in [4.78, 5) is 12.0. The Kier molecular flexibility index (Phi) is 5.91. The van der Waals surface area contributed by atoms with Crippen LogP contribution in [0, 0.1) is 0 Å². The highest BCUT2D eigenvalue weighted by molar-refractivity contribution is 5.94. The Bertz CT molecular complexity index is 645. The molecule has 6 heteroatoms. The first-order valence-corrected chi connectivity index (χ1v) is 7.05. The Morgan fingerprint density at radius 3 is 2.48 bits per heavy atom. The molecule has 0 radical (unpaired) electrons. The Balaban J connectivity index is 1.87. The highest BCUT2D eigenvalue weighted by atomic mass is 19.3. The maximum absolute atomic E-state index is 12.1. The fourth-order valence-corrected chi connectivity index (χ4v) is 2.11. The fraction of sp³-hybridized carbons (Fsp3) is 0.235. The molecule has 0 unspecified atom stereocenters. The van der Waals surface area contributed by atoms with Gasteiger partial charge >= 0.3 is 6.61 Å². The second kappa shape index (κ2) is 8.12. The van der Waals surface area contributed by atoms with Gasteiger partial charge in [-0.1, -0.05) is 18.2 Å². The molecule has 0 atom stereocenters. The van der Waals surface area contributed by atoms with Crippen molar-refractivity contribution in [3.8, 4) is 11.5 Å². The number of nitrogens with one attached hydrogen (secondary N) is 1. The lowest BCUT2D eigenvalue weighted by molar-refractivity contribution is -0.0498. The molecular formula is C17H17F2NO3. The quantitative estimate of drug-likeness (QED) is 0.851. The molecule has 0 fully saturated rings. The van der Waals surface area contributed by atoms with Crippen LogP contribution in [0.3, 0.4) is 0 Å². The number of amides is 1. The number of alkyl halides is 2. The molecule has 0 heterocycles. The van der Waals surface area contributed by atoms with Gasteiger partial charge in [0, 0.05) is 12.1 Å². The van der Waals surface area contributed by atoms with E-state index >= 15 is 0 Å². The number of hydrogen-bond donors (Lipinski definition) is 1. The second-order valence-corrected chi connectivity index (χ2v) is 4.72. The standard InChI is InChI=1S/C17H17F2NO3/c1-22-15-5-3-2-4-12(15)10-11-20-16(21)13-6-8-14(9-7-13)23-17(18)19/h2-9,17H,10-11H2,1H3,(H,20,21). The maximum Gasteiger partial charge on any atom is 0.387 e. The van der Waals surface area contributed by atoms with Crippen molar-refractivity contribution < 1.29 is 23.0 Å². The molecule has 1 N–H and O–H groups in total. The minimum atomic E-state index is -2.88. The Labute approximate surface area is 133 Å². The van der Waals surface area contributed by atoms with E-state index in [0.717, 1.165) is 11.3 Å². The average molecular weight is 321 g/mol. The molecule has 0 aliphatic heterocycles. The summed E-state index contributed by atoms with van der Waals surface area (Å²) in [5.74, 6) is 0.518. The van der Waals surface area contributed by atoms with E-state index in [1.807, 2.05) is 24.3 Å². The predicted octanol–water partition coefficient (Wildman–Crippen LogP) is 3.27. The van der Waals surface area contributed by atoms with Gasteiger partial charge in [0.15, 0.2) is 0 Å². The smallest absolute Gasteiger partial charge is 0.387 e. The molecule has 0 spiro atoms. The third-order valence-corrected chi connectivity index (χ3v) is 3.21. The number of para-hydroxylation sites is 1. The molecule has 0 bridgehead atoms. The summed E-state index contributed by atoms with van der Waals surface area (Å²) in [7, 11) is 1.60. The van der Waals surface area contributed by atoms with Crippen LogP contribution in [0.25, 0.3) is 0 Å². The van der Waals surface area contributed by atoms with Crippen molar-refractivity contribution >= 4 is 5.91 Å². The predicted molar refractivity (Wildman–Crippen MR) is 82.1 cm³/mol. The summed E-state index contributed by atoms with van der Waals surface area (Å²) < 4.78 is 33.6. The van der Waals surface area contributed by atoms with E-state index in [2.05, 4.69) is 10.1 Å². The molecule has 2 rings (SSSR count). The van der Waals surface area contributed by atoms with Crippen molar-refractivity contribution in [3.63, 3.8) is 0 Å². The molecule has 23 heavy (non-hydrogen) atoms. The highest BCUT2D eigenvalue weighted by Crippen LogP contribution is 2.17. The van der Waals surface area contributed by atoms with Crippen LogP contribution in [0.15, 0.2) is 48.5 Å². The summed E-state index contributed by atoms with van der Waals surface area (Å²) >= 11 is 0. The van der Waals surface area contributed by atoms with Crippen LogP contribution in [-0.2, 0) is 6.42 Å². The average Bonchev–Trinajstić information content (AvgIpc) is 2.55. The zero-order chi connectivity index (χ0) is 16.7. The Morgan fingerprint density at radius 1 is 1.13 bits per heavy atom. The van der Waals surface area contributed by atoms with Crippen LogP contribution in [0.4, 0.5) is 8.78 Å². The van der Waals surface area contributed by atoms with Gasteiger partial charge in [0.2, 0.25) is 0 Å². The minimum Gasteiger partial charge on any atom is -0.496 e. The first-order chi connectivity index (χ1) is 11.1. The van der Waals surface area contributed by atoms with E-state index in [0.29, 0.717) is 18.5 Å². The van der Waals surface area contributed by atoms with Crippen molar-refractivity contribution in [1.82, 2.24) is 5.32 Å². The maximum atomic E-state index is 12.1. The first kappa shape index (κ1) is 16.7. The molecule has 0 saturated heterocycles. The van der Waals surface area contributed by atoms with Crippen molar-refractivity contribution in [1.29, 1.82) is 0 Å². The third kappa shape index (κ3) is 4.95. The number of halogens is 2. The molecule has 1 amide bonds. The highest BCUT2D eigenvalue weighted by Gasteiger charge is 2.08. The number of carbonyl (C=O) groups is 1. The number of methoxy groups -OCH3 is 1. The molecular weight excluding hydrogens is 304 g/mol. The van der Waals surface area contributed by atoms with E-state index < -0.39 is 6.61 Å². The van der Waals surface area contributed by atoms with Crippen LogP contribution in [0.2, 0.25) is 0 Å². The summed E-state index contributed by atoms with van der Waals surface area (Å²) in [6.45, 7) is -2.44. The lowest BCUT2D eigenvalue weighted by Gasteiger charge is -2.09. The van der Waals surface area contributed by atoms with E-state index in [9.17, 15) is 13.6 Å². The molecule has 0 aromatic heterocycles. The molecule has 0 aliphatic carbocycles. The van der Waals surface area contributed by atoms with Gasteiger partial charge < -0.3 is 14.8 Å². The van der Waals surface area contributed by atoms with Crippen molar-refractivity contribution in [2.45, 2.75) is 13.0 Å². The Morgan fingerprint density at radius 2 is 1.83 bits per heavy atom. The minimum absolute atomic E-state index is 0.0190. The van der Waals surface area contributed by atoms with Crippen LogP contribution in [0.1, 0.15) is 15.9 Å².